The SMILES string of the molecule is CC(=O)c1c(F)cccc1N1CCC(C)C1CO. The number of aliphatic hydroxyl groups excluding tert-OH is 1. The van der Waals surface area contributed by atoms with Crippen LogP contribution in [0.2, 0.25) is 0 Å². The van der Waals surface area contributed by atoms with Crippen LogP contribution >= 0.6 is 0 Å². The number of Topliss-reactive ketones (excluding diaryl/α,β-unsaturated/α-hetero) is 1. The van der Waals surface area contributed by atoms with E-state index in [1.54, 1.807) is 12.1 Å². The van der Waals surface area contributed by atoms with Gasteiger partial charge in [-0.3, -0.25) is 4.79 Å². The monoisotopic (exact) mass is 251 g/mol. The molecular formula is C14H18FNO2. The maximum atomic E-state index is 13.8. The molecule has 1 heterocycles. The molecule has 1 N–H and O–H groups in total. The van der Waals surface area contributed by atoms with Gasteiger partial charge in [0, 0.05) is 6.54 Å². The van der Waals surface area contributed by atoms with Crippen LogP contribution in [0.4, 0.5) is 10.1 Å². The molecule has 0 radical (unpaired) electrons. The first-order chi connectivity index (χ1) is 8.56. The summed E-state index contributed by atoms with van der Waals surface area (Å²) in [5.74, 6) is -0.423. The van der Waals surface area contributed by atoms with E-state index in [1.165, 1.54) is 13.0 Å². The van der Waals surface area contributed by atoms with Gasteiger partial charge >= 0.3 is 0 Å². The molecule has 98 valence electrons. The first kappa shape index (κ1) is 13.0. The number of aliphatic hydroxyl groups is 1. The smallest absolute Gasteiger partial charge is 0.164 e. The zero-order valence-corrected chi connectivity index (χ0v) is 10.7. The van der Waals surface area contributed by atoms with E-state index in [4.69, 9.17) is 0 Å². The predicted molar refractivity (Wildman–Crippen MR) is 68.4 cm³/mol. The van der Waals surface area contributed by atoms with Crippen molar-refractivity contribution < 1.29 is 14.3 Å². The normalized spacial score (nSPS) is 23.4. The summed E-state index contributed by atoms with van der Waals surface area (Å²) < 4.78 is 13.8. The van der Waals surface area contributed by atoms with Gasteiger partial charge in [-0.25, -0.2) is 4.39 Å². The number of hydrogen-bond acceptors (Lipinski definition) is 3. The highest BCUT2D eigenvalue weighted by Crippen LogP contribution is 2.33. The number of carbonyl (C=O) groups excluding carboxylic acids is 1. The highest BCUT2D eigenvalue weighted by Gasteiger charge is 2.32. The van der Waals surface area contributed by atoms with Gasteiger partial charge in [-0.05, 0) is 31.4 Å². The molecule has 4 heteroatoms. The average Bonchev–Trinajstić information content (AvgIpc) is 2.69. The van der Waals surface area contributed by atoms with Gasteiger partial charge in [-0.2, -0.15) is 0 Å². The lowest BCUT2D eigenvalue weighted by molar-refractivity contribution is 0.101. The van der Waals surface area contributed by atoms with Gasteiger partial charge in [0.15, 0.2) is 5.78 Å². The largest absolute Gasteiger partial charge is 0.394 e. The molecule has 0 amide bonds. The topological polar surface area (TPSA) is 40.5 Å². The number of nitrogens with zero attached hydrogens (tertiary/aromatic N) is 1. The summed E-state index contributed by atoms with van der Waals surface area (Å²) in [7, 11) is 0. The summed E-state index contributed by atoms with van der Waals surface area (Å²) in [4.78, 5) is 13.5. The summed E-state index contributed by atoms with van der Waals surface area (Å²) in [6.07, 6.45) is 0.944. The van der Waals surface area contributed by atoms with Crippen LogP contribution in [0.15, 0.2) is 18.2 Å². The van der Waals surface area contributed by atoms with Crippen LogP contribution in [0.25, 0.3) is 0 Å². The second kappa shape index (κ2) is 5.06. The van der Waals surface area contributed by atoms with Gasteiger partial charge in [0.1, 0.15) is 5.82 Å². The Morgan fingerprint density at radius 2 is 2.28 bits per heavy atom. The predicted octanol–water partition coefficient (Wildman–Crippen LogP) is 2.24. The minimum Gasteiger partial charge on any atom is -0.394 e. The summed E-state index contributed by atoms with van der Waals surface area (Å²) in [6.45, 7) is 4.20. The van der Waals surface area contributed by atoms with Crippen LogP contribution in [0.1, 0.15) is 30.6 Å². The lowest BCUT2D eigenvalue weighted by atomic mass is 10.0. The number of rotatable bonds is 3. The molecule has 0 spiro atoms. The summed E-state index contributed by atoms with van der Waals surface area (Å²) in [5, 5.41) is 9.45. The Morgan fingerprint density at radius 3 is 2.89 bits per heavy atom. The van der Waals surface area contributed by atoms with E-state index in [0.29, 0.717) is 11.6 Å². The first-order valence-corrected chi connectivity index (χ1v) is 6.23. The van der Waals surface area contributed by atoms with Crippen molar-refractivity contribution in [2.45, 2.75) is 26.3 Å². The van der Waals surface area contributed by atoms with E-state index in [0.717, 1.165) is 13.0 Å². The molecule has 1 aromatic carbocycles. The molecule has 18 heavy (non-hydrogen) atoms. The molecular weight excluding hydrogens is 233 g/mol. The fourth-order valence-electron chi connectivity index (χ4n) is 2.69. The van der Waals surface area contributed by atoms with Crippen LogP contribution in [-0.4, -0.2) is 30.1 Å². The zero-order valence-electron chi connectivity index (χ0n) is 10.7. The van der Waals surface area contributed by atoms with Crippen LogP contribution in [-0.2, 0) is 0 Å². The molecule has 2 rings (SSSR count). The van der Waals surface area contributed by atoms with Gasteiger partial charge in [0.25, 0.3) is 0 Å². The van der Waals surface area contributed by atoms with E-state index in [9.17, 15) is 14.3 Å². The molecule has 1 aromatic rings. The van der Waals surface area contributed by atoms with Crippen molar-refractivity contribution >= 4 is 11.5 Å². The Bertz CT molecular complexity index is 461. The fourth-order valence-corrected chi connectivity index (χ4v) is 2.69. The van der Waals surface area contributed by atoms with Crippen molar-refractivity contribution in [2.24, 2.45) is 5.92 Å². The maximum absolute atomic E-state index is 13.8. The third kappa shape index (κ3) is 2.12. The third-order valence-electron chi connectivity index (χ3n) is 3.72. The third-order valence-corrected chi connectivity index (χ3v) is 3.72. The molecule has 1 saturated heterocycles. The Labute approximate surface area is 106 Å². The molecule has 2 unspecified atom stereocenters. The van der Waals surface area contributed by atoms with E-state index < -0.39 is 5.82 Å². The highest BCUT2D eigenvalue weighted by molar-refractivity contribution is 6.00. The minimum atomic E-state index is -0.490. The molecule has 0 bridgehead atoms. The van der Waals surface area contributed by atoms with Crippen molar-refractivity contribution in [1.82, 2.24) is 0 Å². The Kier molecular flexibility index (Phi) is 3.66. The van der Waals surface area contributed by atoms with Gasteiger partial charge in [-0.1, -0.05) is 13.0 Å². The molecule has 0 aliphatic carbocycles. The number of anilines is 1. The Hall–Kier alpha value is -1.42. The molecule has 1 aliphatic heterocycles. The summed E-state index contributed by atoms with van der Waals surface area (Å²) >= 11 is 0. The van der Waals surface area contributed by atoms with E-state index in [1.807, 2.05) is 4.90 Å². The van der Waals surface area contributed by atoms with Crippen LogP contribution < -0.4 is 4.90 Å². The molecule has 0 aromatic heterocycles. The lowest BCUT2D eigenvalue weighted by Crippen LogP contribution is -2.36. The molecule has 1 fully saturated rings. The average molecular weight is 251 g/mol. The van der Waals surface area contributed by atoms with Crippen LogP contribution in [0, 0.1) is 11.7 Å². The van der Waals surface area contributed by atoms with Gasteiger partial charge in [0.2, 0.25) is 0 Å². The number of halogens is 1. The molecule has 3 nitrogen and oxygen atoms in total. The van der Waals surface area contributed by atoms with Crippen molar-refractivity contribution in [1.29, 1.82) is 0 Å². The van der Waals surface area contributed by atoms with E-state index in [-0.39, 0.29) is 24.0 Å². The van der Waals surface area contributed by atoms with Crippen molar-refractivity contribution in [3.05, 3.63) is 29.6 Å². The van der Waals surface area contributed by atoms with Crippen LogP contribution in [0.5, 0.6) is 0 Å². The maximum Gasteiger partial charge on any atom is 0.164 e. The zero-order chi connectivity index (χ0) is 13.3. The number of benzene rings is 1. The lowest BCUT2D eigenvalue weighted by Gasteiger charge is -2.28. The number of ketones is 1. The van der Waals surface area contributed by atoms with E-state index >= 15 is 0 Å². The highest BCUT2D eigenvalue weighted by atomic mass is 19.1. The molecule has 0 saturated carbocycles. The van der Waals surface area contributed by atoms with Crippen molar-refractivity contribution in [3.63, 3.8) is 0 Å². The van der Waals surface area contributed by atoms with Gasteiger partial charge in [0.05, 0.1) is 23.9 Å². The minimum absolute atomic E-state index is 0.0228. The summed E-state index contributed by atoms with van der Waals surface area (Å²) in [5.41, 5.74) is 0.732. The van der Waals surface area contributed by atoms with Crippen LogP contribution in [0.3, 0.4) is 0 Å². The second-order valence-corrected chi connectivity index (χ2v) is 4.90. The van der Waals surface area contributed by atoms with Crippen molar-refractivity contribution in [3.8, 4) is 0 Å². The van der Waals surface area contributed by atoms with Crippen molar-refractivity contribution in [2.75, 3.05) is 18.1 Å². The number of carbonyl (C=O) groups is 1. The fraction of sp³-hybridized carbons (Fsp3) is 0.500. The first-order valence-electron chi connectivity index (χ1n) is 6.23. The molecule has 1 aliphatic rings. The van der Waals surface area contributed by atoms with Gasteiger partial charge < -0.3 is 10.0 Å². The Balaban J connectivity index is 2.45. The Morgan fingerprint density at radius 1 is 1.56 bits per heavy atom. The second-order valence-electron chi connectivity index (χ2n) is 4.90. The van der Waals surface area contributed by atoms with Gasteiger partial charge in [-0.15, -0.1) is 0 Å². The van der Waals surface area contributed by atoms with E-state index in [2.05, 4.69) is 6.92 Å². The quantitative estimate of drug-likeness (QED) is 0.837. The molecule has 2 atom stereocenters. The number of hydrogen-bond donors (Lipinski definition) is 1. The summed E-state index contributed by atoms with van der Waals surface area (Å²) in [6, 6.07) is 4.62. The standard InChI is InChI=1S/C14H18FNO2/c1-9-6-7-16(13(9)8-17)12-5-3-4-11(15)14(12)10(2)18/h3-5,9,13,17H,6-8H2,1-2H3.